The molecule has 1 rings (SSSR count). The van der Waals surface area contributed by atoms with Gasteiger partial charge in [0.05, 0.1) is 5.67 Å². The second-order valence-corrected chi connectivity index (χ2v) is 6.32. The molecule has 1 amide bonds. The van der Waals surface area contributed by atoms with Crippen LogP contribution in [-0.2, 0) is 13.6 Å². The molecule has 0 aliphatic carbocycles. The van der Waals surface area contributed by atoms with Crippen LogP contribution in [0.5, 0.6) is 0 Å². The molecule has 1 saturated heterocycles. The molecule has 1 atom stereocenters. The summed E-state index contributed by atoms with van der Waals surface area (Å²) >= 11 is 0. The monoisotopic (exact) mass is 219 g/mol. The van der Waals surface area contributed by atoms with Crippen LogP contribution in [0.4, 0.5) is 0 Å². The fraction of sp³-hybridized carbons (Fsp3) is 0.875. The minimum absolute atomic E-state index is 0.0672. The molecule has 0 saturated carbocycles. The lowest BCUT2D eigenvalue weighted by Gasteiger charge is -2.32. The van der Waals surface area contributed by atoms with Crippen LogP contribution in [0.15, 0.2) is 0 Å². The Bertz CT molecular complexity index is 219. The van der Waals surface area contributed by atoms with Gasteiger partial charge in [0.1, 0.15) is 0 Å². The SMILES string of the molecule is CO[Si](O)(OC)C(C)N1CCCC1=O. The van der Waals surface area contributed by atoms with E-state index in [-0.39, 0.29) is 11.6 Å². The van der Waals surface area contributed by atoms with Gasteiger partial charge in [0.15, 0.2) is 0 Å². The Morgan fingerprint density at radius 1 is 1.50 bits per heavy atom. The first kappa shape index (κ1) is 11.6. The summed E-state index contributed by atoms with van der Waals surface area (Å²) in [6.07, 6.45) is 1.41. The fourth-order valence-electron chi connectivity index (χ4n) is 1.70. The lowest BCUT2D eigenvalue weighted by atomic mass is 10.4. The van der Waals surface area contributed by atoms with Gasteiger partial charge in [-0.2, -0.15) is 0 Å². The van der Waals surface area contributed by atoms with Crippen molar-refractivity contribution in [1.29, 1.82) is 0 Å². The smallest absolute Gasteiger partial charge is 0.389 e. The van der Waals surface area contributed by atoms with E-state index in [1.165, 1.54) is 14.2 Å². The molecule has 0 aromatic rings. The number of rotatable bonds is 4. The van der Waals surface area contributed by atoms with Gasteiger partial charge in [-0.25, -0.2) is 0 Å². The zero-order valence-electron chi connectivity index (χ0n) is 8.82. The van der Waals surface area contributed by atoms with E-state index in [1.807, 2.05) is 0 Å². The van der Waals surface area contributed by atoms with Gasteiger partial charge in [0, 0.05) is 27.2 Å². The van der Waals surface area contributed by atoms with Crippen molar-refractivity contribution in [1.82, 2.24) is 4.90 Å². The molecule has 1 fully saturated rings. The predicted octanol–water partition coefficient (Wildman–Crippen LogP) is -0.240. The number of hydrogen-bond acceptors (Lipinski definition) is 4. The predicted molar refractivity (Wildman–Crippen MR) is 52.4 cm³/mol. The summed E-state index contributed by atoms with van der Waals surface area (Å²) in [5.74, 6) is 0.0672. The van der Waals surface area contributed by atoms with Gasteiger partial charge in [0.2, 0.25) is 5.91 Å². The molecule has 0 aromatic heterocycles. The van der Waals surface area contributed by atoms with E-state index in [4.69, 9.17) is 8.85 Å². The first-order chi connectivity index (χ1) is 6.55. The largest absolute Gasteiger partial charge is 0.521 e. The number of carbonyl (C=O) groups excluding carboxylic acids is 1. The molecule has 82 valence electrons. The lowest BCUT2D eigenvalue weighted by molar-refractivity contribution is -0.129. The van der Waals surface area contributed by atoms with Crippen molar-refractivity contribution in [3.05, 3.63) is 0 Å². The molecule has 0 radical (unpaired) electrons. The van der Waals surface area contributed by atoms with E-state index in [0.717, 1.165) is 6.42 Å². The van der Waals surface area contributed by atoms with Crippen LogP contribution in [0.2, 0.25) is 0 Å². The second-order valence-electron chi connectivity index (χ2n) is 3.41. The third-order valence-corrected chi connectivity index (χ3v) is 5.23. The van der Waals surface area contributed by atoms with E-state index >= 15 is 0 Å². The van der Waals surface area contributed by atoms with Crippen LogP contribution in [0, 0.1) is 0 Å². The Morgan fingerprint density at radius 2 is 2.07 bits per heavy atom. The van der Waals surface area contributed by atoms with Crippen LogP contribution in [-0.4, -0.2) is 50.8 Å². The molecule has 1 unspecified atom stereocenters. The van der Waals surface area contributed by atoms with Crippen LogP contribution >= 0.6 is 0 Å². The molecule has 14 heavy (non-hydrogen) atoms. The number of likely N-dealkylation sites (tertiary alicyclic amines) is 1. The highest BCUT2D eigenvalue weighted by molar-refractivity contribution is 6.61. The fourth-order valence-corrected chi connectivity index (χ4v) is 3.22. The van der Waals surface area contributed by atoms with Crippen molar-refractivity contribution in [3.63, 3.8) is 0 Å². The Morgan fingerprint density at radius 3 is 2.43 bits per heavy atom. The van der Waals surface area contributed by atoms with E-state index in [1.54, 1.807) is 11.8 Å². The molecule has 1 heterocycles. The normalized spacial score (nSPS) is 20.3. The molecule has 0 aromatic carbocycles. The zero-order valence-corrected chi connectivity index (χ0v) is 9.82. The topological polar surface area (TPSA) is 59.0 Å². The average molecular weight is 219 g/mol. The van der Waals surface area contributed by atoms with E-state index < -0.39 is 8.80 Å². The summed E-state index contributed by atoms with van der Waals surface area (Å²) in [7, 11) is -0.383. The molecule has 0 bridgehead atoms. The quantitative estimate of drug-likeness (QED) is 0.663. The van der Waals surface area contributed by atoms with Crippen molar-refractivity contribution >= 4 is 14.7 Å². The molecule has 1 N–H and O–H groups in total. The van der Waals surface area contributed by atoms with Crippen LogP contribution < -0.4 is 0 Å². The van der Waals surface area contributed by atoms with Gasteiger partial charge in [0.25, 0.3) is 0 Å². The maximum absolute atomic E-state index is 11.4. The summed E-state index contributed by atoms with van der Waals surface area (Å²) < 4.78 is 9.98. The van der Waals surface area contributed by atoms with E-state index in [0.29, 0.717) is 13.0 Å². The van der Waals surface area contributed by atoms with Crippen LogP contribution in [0.3, 0.4) is 0 Å². The lowest BCUT2D eigenvalue weighted by Crippen LogP contribution is -2.59. The molecule has 6 heteroatoms. The molecule has 0 spiro atoms. The summed E-state index contributed by atoms with van der Waals surface area (Å²) in [5.41, 5.74) is -0.354. The summed E-state index contributed by atoms with van der Waals surface area (Å²) in [6, 6.07) is 0. The van der Waals surface area contributed by atoms with E-state index in [9.17, 15) is 9.59 Å². The summed E-state index contributed by atoms with van der Waals surface area (Å²) in [4.78, 5) is 23.0. The van der Waals surface area contributed by atoms with Gasteiger partial charge in [-0.3, -0.25) is 4.79 Å². The summed E-state index contributed by atoms with van der Waals surface area (Å²) in [5, 5.41) is 0. The second kappa shape index (κ2) is 4.39. The first-order valence-corrected chi connectivity index (χ1v) is 6.51. The van der Waals surface area contributed by atoms with Gasteiger partial charge in [-0.15, -0.1) is 0 Å². The third-order valence-electron chi connectivity index (χ3n) is 2.69. The number of carbonyl (C=O) groups is 1. The zero-order chi connectivity index (χ0) is 10.8. The Hall–Kier alpha value is -0.433. The molecular weight excluding hydrogens is 202 g/mol. The Balaban J connectivity index is 2.71. The van der Waals surface area contributed by atoms with Crippen molar-refractivity contribution in [2.45, 2.75) is 25.4 Å². The minimum atomic E-state index is -3.20. The van der Waals surface area contributed by atoms with Crippen LogP contribution in [0.25, 0.3) is 0 Å². The number of nitrogens with zero attached hydrogens (tertiary/aromatic N) is 1. The molecular formula is C8H17NO4Si. The van der Waals surface area contributed by atoms with E-state index in [2.05, 4.69) is 0 Å². The van der Waals surface area contributed by atoms with Crippen molar-refractivity contribution in [2.24, 2.45) is 0 Å². The highest BCUT2D eigenvalue weighted by atomic mass is 28.4. The van der Waals surface area contributed by atoms with Gasteiger partial charge >= 0.3 is 8.80 Å². The Labute approximate surface area is 85.0 Å². The molecule has 1 aliphatic heterocycles. The minimum Gasteiger partial charge on any atom is -0.389 e. The highest BCUT2D eigenvalue weighted by Gasteiger charge is 2.47. The molecule has 5 nitrogen and oxygen atoms in total. The Kier molecular flexibility index (Phi) is 3.65. The van der Waals surface area contributed by atoms with Crippen molar-refractivity contribution < 1.29 is 18.4 Å². The van der Waals surface area contributed by atoms with Crippen molar-refractivity contribution in [3.8, 4) is 0 Å². The van der Waals surface area contributed by atoms with Crippen molar-refractivity contribution in [2.75, 3.05) is 20.8 Å². The standard InChI is InChI=1S/C8H17NO4Si/c1-7(14(11,12-2)13-3)9-6-4-5-8(9)10/h7,11H,4-6H2,1-3H3. The third kappa shape index (κ3) is 1.98. The molecule has 1 aliphatic rings. The van der Waals surface area contributed by atoms with Gasteiger partial charge in [-0.1, -0.05) is 0 Å². The average Bonchev–Trinajstić information content (AvgIpc) is 2.62. The summed E-state index contributed by atoms with van der Waals surface area (Å²) in [6.45, 7) is 2.45. The first-order valence-electron chi connectivity index (χ1n) is 4.67. The van der Waals surface area contributed by atoms with Gasteiger partial charge < -0.3 is 18.5 Å². The highest BCUT2D eigenvalue weighted by Crippen LogP contribution is 2.19. The maximum atomic E-state index is 11.4. The maximum Gasteiger partial charge on any atom is 0.521 e. The van der Waals surface area contributed by atoms with Crippen LogP contribution in [0.1, 0.15) is 19.8 Å². The number of amides is 1. The van der Waals surface area contributed by atoms with Gasteiger partial charge in [-0.05, 0) is 13.3 Å². The number of hydrogen-bond donors (Lipinski definition) is 1.